The first kappa shape index (κ1) is 9.44. The molecule has 76 valence electrons. The normalized spacial score (nSPS) is 17.3. The van der Waals surface area contributed by atoms with Crippen molar-refractivity contribution in [2.45, 2.75) is 45.6 Å². The van der Waals surface area contributed by atoms with E-state index in [-0.39, 0.29) is 0 Å². The highest BCUT2D eigenvalue weighted by atomic mass is 15.0. The van der Waals surface area contributed by atoms with E-state index < -0.39 is 0 Å². The minimum absolute atomic E-state index is 0.628. The third-order valence-corrected chi connectivity index (χ3v) is 3.03. The summed E-state index contributed by atoms with van der Waals surface area (Å²) >= 11 is 0. The van der Waals surface area contributed by atoms with Gasteiger partial charge in [0.15, 0.2) is 0 Å². The lowest BCUT2D eigenvalue weighted by molar-refractivity contribution is 0.747. The molecule has 1 aromatic rings. The maximum absolute atomic E-state index is 4.28. The minimum Gasteiger partial charge on any atom is -0.367 e. The molecule has 2 rings (SSSR count). The van der Waals surface area contributed by atoms with E-state index in [1.807, 2.05) is 6.92 Å². The lowest BCUT2D eigenvalue weighted by Gasteiger charge is -2.14. The third-order valence-electron chi connectivity index (χ3n) is 3.03. The van der Waals surface area contributed by atoms with Crippen LogP contribution in [-0.2, 0) is 0 Å². The molecule has 0 saturated heterocycles. The molecule has 0 bridgehead atoms. The molecule has 1 aliphatic rings. The van der Waals surface area contributed by atoms with E-state index in [1.54, 1.807) is 6.33 Å². The molecule has 1 aliphatic carbocycles. The number of rotatable bonds is 2. The molecular weight excluding hydrogens is 174 g/mol. The number of aryl methyl sites for hydroxylation is 1. The summed E-state index contributed by atoms with van der Waals surface area (Å²) in [5, 5.41) is 3.50. The smallest absolute Gasteiger partial charge is 0.132 e. The number of nitrogens with one attached hydrogen (secondary N) is 1. The fraction of sp³-hybridized carbons (Fsp3) is 0.636. The molecule has 0 amide bonds. The zero-order valence-corrected chi connectivity index (χ0v) is 8.88. The molecular formula is C11H17N3. The van der Waals surface area contributed by atoms with Crippen LogP contribution in [0.15, 0.2) is 6.33 Å². The van der Waals surface area contributed by atoms with Crippen molar-refractivity contribution in [3.63, 3.8) is 0 Å². The largest absolute Gasteiger partial charge is 0.367 e. The van der Waals surface area contributed by atoms with Crippen LogP contribution in [0.4, 0.5) is 5.82 Å². The summed E-state index contributed by atoms with van der Waals surface area (Å²) < 4.78 is 0. The highest BCUT2D eigenvalue weighted by Crippen LogP contribution is 2.23. The van der Waals surface area contributed by atoms with Crippen LogP contribution in [0.5, 0.6) is 0 Å². The van der Waals surface area contributed by atoms with Crippen molar-refractivity contribution in [1.82, 2.24) is 9.97 Å². The maximum Gasteiger partial charge on any atom is 0.132 e. The van der Waals surface area contributed by atoms with Gasteiger partial charge in [0.1, 0.15) is 12.1 Å². The Kier molecular flexibility index (Phi) is 2.66. The minimum atomic E-state index is 0.628. The third kappa shape index (κ3) is 1.86. The Balaban J connectivity index is 2.11. The Morgan fingerprint density at radius 1 is 1.21 bits per heavy atom. The average molecular weight is 191 g/mol. The summed E-state index contributed by atoms with van der Waals surface area (Å²) in [7, 11) is 0. The fourth-order valence-corrected chi connectivity index (χ4v) is 1.95. The second-order valence-electron chi connectivity index (χ2n) is 4.06. The van der Waals surface area contributed by atoms with Crippen molar-refractivity contribution < 1.29 is 0 Å². The second-order valence-corrected chi connectivity index (χ2v) is 4.06. The van der Waals surface area contributed by atoms with E-state index in [9.17, 15) is 0 Å². The summed E-state index contributed by atoms with van der Waals surface area (Å²) in [5.41, 5.74) is 2.25. The van der Waals surface area contributed by atoms with Crippen LogP contribution >= 0.6 is 0 Å². The average Bonchev–Trinajstić information content (AvgIpc) is 2.66. The van der Waals surface area contributed by atoms with E-state index >= 15 is 0 Å². The van der Waals surface area contributed by atoms with Gasteiger partial charge in [0.2, 0.25) is 0 Å². The van der Waals surface area contributed by atoms with Crippen molar-refractivity contribution in [1.29, 1.82) is 0 Å². The van der Waals surface area contributed by atoms with Gasteiger partial charge in [-0.15, -0.1) is 0 Å². The summed E-state index contributed by atoms with van der Waals surface area (Å²) in [6.45, 7) is 4.10. The molecule has 0 aliphatic heterocycles. The predicted molar refractivity (Wildman–Crippen MR) is 57.4 cm³/mol. The molecule has 1 heterocycles. The topological polar surface area (TPSA) is 37.8 Å². The van der Waals surface area contributed by atoms with Crippen LogP contribution in [-0.4, -0.2) is 16.0 Å². The van der Waals surface area contributed by atoms with Crippen molar-refractivity contribution >= 4 is 5.82 Å². The van der Waals surface area contributed by atoms with Gasteiger partial charge in [-0.2, -0.15) is 0 Å². The standard InChI is InChI=1S/C11H17N3/c1-8-9(2)12-7-13-11(8)14-10-5-3-4-6-10/h7,10H,3-6H2,1-2H3,(H,12,13,14). The lowest BCUT2D eigenvalue weighted by Crippen LogP contribution is -2.16. The molecule has 1 N–H and O–H groups in total. The van der Waals surface area contributed by atoms with Crippen LogP contribution in [0, 0.1) is 13.8 Å². The van der Waals surface area contributed by atoms with Crippen LogP contribution in [0.25, 0.3) is 0 Å². The molecule has 3 heteroatoms. The zero-order chi connectivity index (χ0) is 9.97. The SMILES string of the molecule is Cc1ncnc(NC2CCCC2)c1C. The Morgan fingerprint density at radius 3 is 2.64 bits per heavy atom. The summed E-state index contributed by atoms with van der Waals surface area (Å²) in [6, 6.07) is 0.628. The van der Waals surface area contributed by atoms with Crippen LogP contribution < -0.4 is 5.32 Å². The van der Waals surface area contributed by atoms with Gasteiger partial charge < -0.3 is 5.32 Å². The quantitative estimate of drug-likeness (QED) is 0.780. The van der Waals surface area contributed by atoms with Crippen LogP contribution in [0.3, 0.4) is 0 Å². The van der Waals surface area contributed by atoms with E-state index in [4.69, 9.17) is 0 Å². The first-order chi connectivity index (χ1) is 6.77. The van der Waals surface area contributed by atoms with Gasteiger partial charge in [0.05, 0.1) is 0 Å². The Labute approximate surface area is 85.0 Å². The zero-order valence-electron chi connectivity index (χ0n) is 8.88. The summed E-state index contributed by atoms with van der Waals surface area (Å²) in [6.07, 6.45) is 6.89. The molecule has 1 fully saturated rings. The molecule has 0 radical (unpaired) electrons. The number of hydrogen-bond donors (Lipinski definition) is 1. The van der Waals surface area contributed by atoms with E-state index in [0.717, 1.165) is 11.5 Å². The van der Waals surface area contributed by atoms with Crippen molar-refractivity contribution in [2.24, 2.45) is 0 Å². The molecule has 0 aromatic carbocycles. The van der Waals surface area contributed by atoms with Gasteiger partial charge in [-0.3, -0.25) is 0 Å². The van der Waals surface area contributed by atoms with Gasteiger partial charge in [-0.1, -0.05) is 12.8 Å². The first-order valence-electron chi connectivity index (χ1n) is 5.32. The summed E-state index contributed by atoms with van der Waals surface area (Å²) in [4.78, 5) is 8.44. The maximum atomic E-state index is 4.28. The number of nitrogens with zero attached hydrogens (tertiary/aromatic N) is 2. The van der Waals surface area contributed by atoms with Crippen molar-refractivity contribution in [2.75, 3.05) is 5.32 Å². The second kappa shape index (κ2) is 3.95. The van der Waals surface area contributed by atoms with E-state index in [0.29, 0.717) is 6.04 Å². The van der Waals surface area contributed by atoms with E-state index in [1.165, 1.54) is 31.2 Å². The number of anilines is 1. The van der Waals surface area contributed by atoms with Gasteiger partial charge in [-0.05, 0) is 26.7 Å². The fourth-order valence-electron chi connectivity index (χ4n) is 1.95. The molecule has 3 nitrogen and oxygen atoms in total. The molecule has 14 heavy (non-hydrogen) atoms. The van der Waals surface area contributed by atoms with Crippen molar-refractivity contribution in [3.8, 4) is 0 Å². The molecule has 0 unspecified atom stereocenters. The van der Waals surface area contributed by atoms with Gasteiger partial charge in [0.25, 0.3) is 0 Å². The van der Waals surface area contributed by atoms with Crippen molar-refractivity contribution in [3.05, 3.63) is 17.6 Å². The summed E-state index contributed by atoms with van der Waals surface area (Å²) in [5.74, 6) is 1.02. The number of aromatic nitrogens is 2. The van der Waals surface area contributed by atoms with E-state index in [2.05, 4.69) is 22.2 Å². The van der Waals surface area contributed by atoms with Gasteiger partial charge in [0, 0.05) is 17.3 Å². The Bertz CT molecular complexity index is 316. The van der Waals surface area contributed by atoms with Crippen LogP contribution in [0.2, 0.25) is 0 Å². The van der Waals surface area contributed by atoms with Gasteiger partial charge in [-0.25, -0.2) is 9.97 Å². The predicted octanol–water partition coefficient (Wildman–Crippen LogP) is 2.45. The highest BCUT2D eigenvalue weighted by molar-refractivity contribution is 5.45. The van der Waals surface area contributed by atoms with Crippen LogP contribution in [0.1, 0.15) is 36.9 Å². The molecule has 1 saturated carbocycles. The first-order valence-corrected chi connectivity index (χ1v) is 5.32. The lowest BCUT2D eigenvalue weighted by atomic mass is 10.2. The molecule has 1 aromatic heterocycles. The highest BCUT2D eigenvalue weighted by Gasteiger charge is 2.16. The van der Waals surface area contributed by atoms with Gasteiger partial charge >= 0.3 is 0 Å². The Morgan fingerprint density at radius 2 is 1.93 bits per heavy atom. The Hall–Kier alpha value is -1.12. The monoisotopic (exact) mass is 191 g/mol. The number of hydrogen-bond acceptors (Lipinski definition) is 3. The molecule has 0 spiro atoms. The molecule has 0 atom stereocenters.